The van der Waals surface area contributed by atoms with E-state index in [9.17, 15) is 4.39 Å². The van der Waals surface area contributed by atoms with E-state index >= 15 is 13.2 Å². The van der Waals surface area contributed by atoms with Crippen LogP contribution in [0.3, 0.4) is 0 Å². The highest BCUT2D eigenvalue weighted by Crippen LogP contribution is 2.47. The molecular weight excluding hydrogens is 554 g/mol. The third-order valence-corrected chi connectivity index (χ3v) is 9.19. The van der Waals surface area contributed by atoms with E-state index < -0.39 is 29.5 Å². The molecule has 2 aromatic heterocycles. The predicted molar refractivity (Wildman–Crippen MR) is 164 cm³/mol. The van der Waals surface area contributed by atoms with Crippen LogP contribution < -0.4 is 4.74 Å². The second-order valence-corrected chi connectivity index (χ2v) is 12.9. The molecule has 0 N–H and O–H groups in total. The Morgan fingerprint density at radius 2 is 1.49 bits per heavy atom. The quantitative estimate of drug-likeness (QED) is 0.0807. The number of hydrogen-bond acceptors (Lipinski definition) is 4. The van der Waals surface area contributed by atoms with E-state index in [0.29, 0.717) is 31.4 Å². The minimum absolute atomic E-state index is 0.0833. The number of nitrogens with zero attached hydrogens (tertiary/aromatic N) is 3. The maximum absolute atomic E-state index is 15.4. The van der Waals surface area contributed by atoms with Crippen molar-refractivity contribution in [2.75, 3.05) is 6.61 Å². The van der Waals surface area contributed by atoms with E-state index in [1.807, 2.05) is 0 Å². The number of unbranched alkanes of at least 4 members (excludes halogenated alkanes) is 11. The second-order valence-electron chi connectivity index (χ2n) is 12.9. The maximum atomic E-state index is 15.4. The Morgan fingerprint density at radius 1 is 0.860 bits per heavy atom. The number of ether oxygens (including phenoxy) is 1. The van der Waals surface area contributed by atoms with Crippen LogP contribution in [0, 0.1) is 17.8 Å². The average molecular weight is 606 g/mol. The fraction of sp³-hybridized carbons (Fsp3) is 0.743. The van der Waals surface area contributed by atoms with Crippen molar-refractivity contribution in [2.24, 2.45) is 11.8 Å². The summed E-state index contributed by atoms with van der Waals surface area (Å²) in [6.07, 6.45) is 21.8. The van der Waals surface area contributed by atoms with Crippen molar-refractivity contribution < 1.29 is 22.3 Å². The summed E-state index contributed by atoms with van der Waals surface area (Å²) in [5.74, 6) is -3.84. The van der Waals surface area contributed by atoms with Crippen LogP contribution in [0.1, 0.15) is 140 Å². The summed E-state index contributed by atoms with van der Waals surface area (Å²) >= 11 is 0. The molecule has 0 amide bonds. The van der Waals surface area contributed by atoms with Crippen molar-refractivity contribution in [3.63, 3.8) is 0 Å². The lowest BCUT2D eigenvalue weighted by atomic mass is 9.78. The van der Waals surface area contributed by atoms with Crippen molar-refractivity contribution in [1.82, 2.24) is 15.0 Å². The topological polar surface area (TPSA) is 47.9 Å². The average Bonchev–Trinajstić information content (AvgIpc) is 3.82. The van der Waals surface area contributed by atoms with Gasteiger partial charge in [0.15, 0.2) is 11.6 Å². The molecule has 2 heterocycles. The molecule has 2 aromatic rings. The van der Waals surface area contributed by atoms with Crippen LogP contribution in [0.5, 0.6) is 5.75 Å². The molecule has 4 rings (SSSR count). The van der Waals surface area contributed by atoms with Gasteiger partial charge >= 0.3 is 0 Å². The highest BCUT2D eigenvalue weighted by atomic mass is 19.3. The van der Waals surface area contributed by atoms with E-state index in [-0.39, 0.29) is 23.7 Å². The standard InChI is InChI=1S/C35H51F4N3O/c1-2-3-4-5-11-14-17-29(36)25-43-30-23-40-34(41-24-30)31-22-27-20-21-28(35(38,39)32(27)33(37)42-31)16-13-10-8-6-7-9-12-15-26-18-19-26/h22-24,26,28-29H,2-21,25H2,1H3. The number of halogens is 4. The van der Waals surface area contributed by atoms with Gasteiger partial charge in [-0.1, -0.05) is 110 Å². The number of aryl methyl sites for hydroxylation is 1. The van der Waals surface area contributed by atoms with Crippen LogP contribution in [-0.2, 0) is 12.3 Å². The maximum Gasteiger partial charge on any atom is 0.280 e. The summed E-state index contributed by atoms with van der Waals surface area (Å²) in [7, 11) is 0. The normalized spacial score (nSPS) is 18.4. The Bertz CT molecular complexity index is 1090. The molecule has 8 heteroatoms. The van der Waals surface area contributed by atoms with Crippen LogP contribution in [0.25, 0.3) is 11.5 Å². The number of alkyl halides is 3. The van der Waals surface area contributed by atoms with Crippen LogP contribution in [0.15, 0.2) is 18.5 Å². The third-order valence-electron chi connectivity index (χ3n) is 9.19. The van der Waals surface area contributed by atoms with Crippen LogP contribution in [0.2, 0.25) is 0 Å². The van der Waals surface area contributed by atoms with E-state index in [1.54, 1.807) is 0 Å². The fourth-order valence-corrected chi connectivity index (χ4v) is 6.32. The van der Waals surface area contributed by atoms with Crippen molar-refractivity contribution >= 4 is 0 Å². The molecule has 2 unspecified atom stereocenters. The zero-order valence-electron chi connectivity index (χ0n) is 26.1. The lowest BCUT2D eigenvalue weighted by Gasteiger charge is -2.33. The van der Waals surface area contributed by atoms with Gasteiger partial charge in [0.1, 0.15) is 18.5 Å². The summed E-state index contributed by atoms with van der Waals surface area (Å²) in [5.41, 5.74) is -0.183. The molecular formula is C35H51F4N3O. The van der Waals surface area contributed by atoms with Crippen molar-refractivity contribution in [3.05, 3.63) is 35.5 Å². The number of aromatic nitrogens is 3. The van der Waals surface area contributed by atoms with E-state index in [2.05, 4.69) is 21.9 Å². The Hall–Kier alpha value is -2.25. The van der Waals surface area contributed by atoms with Gasteiger partial charge in [-0.2, -0.15) is 4.39 Å². The molecule has 2 atom stereocenters. The van der Waals surface area contributed by atoms with Gasteiger partial charge in [-0.3, -0.25) is 0 Å². The molecule has 0 aliphatic heterocycles. The smallest absolute Gasteiger partial charge is 0.280 e. The predicted octanol–water partition coefficient (Wildman–Crippen LogP) is 10.7. The minimum atomic E-state index is -3.25. The molecule has 1 fully saturated rings. The summed E-state index contributed by atoms with van der Waals surface area (Å²) < 4.78 is 65.7. The molecule has 0 aromatic carbocycles. The van der Waals surface area contributed by atoms with Crippen LogP contribution in [-0.4, -0.2) is 27.7 Å². The van der Waals surface area contributed by atoms with Crippen molar-refractivity contribution in [3.8, 4) is 17.3 Å². The molecule has 240 valence electrons. The molecule has 1 saturated carbocycles. The molecule has 0 saturated heterocycles. The minimum Gasteiger partial charge on any atom is -0.487 e. The molecule has 2 aliphatic carbocycles. The van der Waals surface area contributed by atoms with Crippen LogP contribution in [0.4, 0.5) is 17.6 Å². The highest BCUT2D eigenvalue weighted by molar-refractivity contribution is 5.53. The lowest BCUT2D eigenvalue weighted by Crippen LogP contribution is -2.33. The molecule has 0 radical (unpaired) electrons. The van der Waals surface area contributed by atoms with Crippen LogP contribution >= 0.6 is 0 Å². The number of rotatable bonds is 21. The van der Waals surface area contributed by atoms with Gasteiger partial charge < -0.3 is 4.74 Å². The third kappa shape index (κ3) is 10.7. The monoisotopic (exact) mass is 605 g/mol. The zero-order valence-corrected chi connectivity index (χ0v) is 26.1. The summed E-state index contributed by atoms with van der Waals surface area (Å²) in [6, 6.07) is 1.49. The van der Waals surface area contributed by atoms with Crippen molar-refractivity contribution in [2.45, 2.75) is 147 Å². The largest absolute Gasteiger partial charge is 0.487 e. The van der Waals surface area contributed by atoms with Gasteiger partial charge in [-0.15, -0.1) is 0 Å². The first-order chi connectivity index (χ1) is 20.9. The SMILES string of the molecule is CCCCCCCCC(F)COc1cnc(-c2cc3c(c(F)n2)C(F)(F)C(CCCCCCCCCC2CC2)CC3)nc1. The van der Waals surface area contributed by atoms with E-state index in [0.717, 1.165) is 44.4 Å². The fourth-order valence-electron chi connectivity index (χ4n) is 6.32. The van der Waals surface area contributed by atoms with E-state index in [4.69, 9.17) is 4.74 Å². The molecule has 4 nitrogen and oxygen atoms in total. The van der Waals surface area contributed by atoms with Gasteiger partial charge in [-0.25, -0.2) is 28.1 Å². The summed E-state index contributed by atoms with van der Waals surface area (Å²) in [5, 5.41) is 0. The summed E-state index contributed by atoms with van der Waals surface area (Å²) in [6.45, 7) is 2.09. The first kappa shape index (κ1) is 33.6. The Balaban J connectivity index is 1.21. The Labute approximate surface area is 255 Å². The summed E-state index contributed by atoms with van der Waals surface area (Å²) in [4.78, 5) is 12.2. The van der Waals surface area contributed by atoms with E-state index in [1.165, 1.54) is 82.7 Å². The lowest BCUT2D eigenvalue weighted by molar-refractivity contribution is -0.0824. The molecule has 43 heavy (non-hydrogen) atoms. The molecule has 0 spiro atoms. The number of pyridine rings is 1. The molecule has 0 bridgehead atoms. The van der Waals surface area contributed by atoms with Gasteiger partial charge in [0.25, 0.3) is 5.92 Å². The van der Waals surface area contributed by atoms with Gasteiger partial charge in [0.05, 0.1) is 18.0 Å². The Morgan fingerprint density at radius 3 is 2.16 bits per heavy atom. The highest BCUT2D eigenvalue weighted by Gasteiger charge is 2.47. The first-order valence-electron chi connectivity index (χ1n) is 17.1. The van der Waals surface area contributed by atoms with Gasteiger partial charge in [0.2, 0.25) is 5.95 Å². The number of hydrogen-bond donors (Lipinski definition) is 0. The zero-order chi connectivity index (χ0) is 30.5. The van der Waals surface area contributed by atoms with Gasteiger partial charge in [-0.05, 0) is 43.2 Å². The first-order valence-corrected chi connectivity index (χ1v) is 17.1. The molecule has 2 aliphatic rings. The second kappa shape index (κ2) is 17.3. The van der Waals surface area contributed by atoms with Crippen molar-refractivity contribution in [1.29, 1.82) is 0 Å². The Kier molecular flexibility index (Phi) is 13.5. The van der Waals surface area contributed by atoms with Gasteiger partial charge in [0, 0.05) is 5.92 Å². The number of fused-ring (bicyclic) bond motifs is 1.